The normalized spacial score (nSPS) is 21.9. The lowest BCUT2D eigenvalue weighted by Crippen LogP contribution is -2.51. The van der Waals surface area contributed by atoms with Crippen LogP contribution in [0.1, 0.15) is 38.2 Å². The maximum Gasteiger partial charge on any atom is 0.191 e. The molecule has 2 unspecified atom stereocenters. The average molecular weight is 552 g/mol. The Morgan fingerprint density at radius 1 is 1.16 bits per heavy atom. The number of piperidine rings is 1. The molecule has 0 saturated carbocycles. The van der Waals surface area contributed by atoms with Crippen molar-refractivity contribution in [1.82, 2.24) is 25.3 Å². The number of likely N-dealkylation sites (tertiary alicyclic amines) is 1. The Morgan fingerprint density at radius 3 is 2.72 bits per heavy atom. The topological polar surface area (TPSA) is 60.7 Å². The summed E-state index contributed by atoms with van der Waals surface area (Å²) in [5, 5.41) is 11.5. The molecule has 2 atom stereocenters. The SMILES string of the molecule is CCNC(=NCC1CCCN1Cc1ccccc1)NC1CCCN(c2cnn(C)c2)C1.I. The van der Waals surface area contributed by atoms with Crippen molar-refractivity contribution in [2.45, 2.75) is 51.2 Å². The highest BCUT2D eigenvalue weighted by molar-refractivity contribution is 14.0. The van der Waals surface area contributed by atoms with E-state index in [-0.39, 0.29) is 24.0 Å². The number of aromatic nitrogens is 2. The van der Waals surface area contributed by atoms with Crippen LogP contribution in [0.15, 0.2) is 47.7 Å². The van der Waals surface area contributed by atoms with Crippen molar-refractivity contribution in [1.29, 1.82) is 0 Å². The molecule has 32 heavy (non-hydrogen) atoms. The minimum atomic E-state index is 0. The van der Waals surface area contributed by atoms with Crippen molar-refractivity contribution in [2.75, 3.05) is 37.6 Å². The molecule has 1 aromatic carbocycles. The second-order valence-electron chi connectivity index (χ2n) is 8.77. The van der Waals surface area contributed by atoms with Crippen LogP contribution in [-0.4, -0.2) is 65.4 Å². The zero-order valence-electron chi connectivity index (χ0n) is 19.4. The largest absolute Gasteiger partial charge is 0.367 e. The van der Waals surface area contributed by atoms with Gasteiger partial charge in [0.2, 0.25) is 0 Å². The summed E-state index contributed by atoms with van der Waals surface area (Å²) in [5.74, 6) is 0.951. The monoisotopic (exact) mass is 551 g/mol. The molecule has 3 heterocycles. The summed E-state index contributed by atoms with van der Waals surface area (Å²) < 4.78 is 1.88. The Balaban J connectivity index is 0.00000289. The van der Waals surface area contributed by atoms with Gasteiger partial charge in [0.05, 0.1) is 18.4 Å². The van der Waals surface area contributed by atoms with Crippen LogP contribution in [0.4, 0.5) is 5.69 Å². The molecule has 0 radical (unpaired) electrons. The standard InChI is InChI=1S/C24H37N7.HI/c1-3-25-24(28-21-11-7-13-31(18-21)23-16-27-29(2)19-23)26-15-22-12-8-14-30(22)17-20-9-5-4-6-10-20;/h4-6,9-10,16,19,21-22H,3,7-8,11-15,17-18H2,1-2H3,(H2,25,26,28);1H. The number of nitrogens with zero attached hydrogens (tertiary/aromatic N) is 5. The average Bonchev–Trinajstić information content (AvgIpc) is 3.42. The Labute approximate surface area is 209 Å². The Bertz CT molecular complexity index is 838. The van der Waals surface area contributed by atoms with Crippen LogP contribution >= 0.6 is 24.0 Å². The Morgan fingerprint density at radius 2 is 1.97 bits per heavy atom. The number of benzene rings is 1. The van der Waals surface area contributed by atoms with E-state index in [1.165, 1.54) is 43.5 Å². The van der Waals surface area contributed by atoms with Crippen LogP contribution in [0.2, 0.25) is 0 Å². The zero-order chi connectivity index (χ0) is 21.5. The molecule has 176 valence electrons. The third kappa shape index (κ3) is 6.84. The van der Waals surface area contributed by atoms with Gasteiger partial charge in [0.1, 0.15) is 0 Å². The van der Waals surface area contributed by atoms with E-state index in [0.717, 1.165) is 38.7 Å². The van der Waals surface area contributed by atoms with Crippen molar-refractivity contribution in [2.24, 2.45) is 12.0 Å². The number of hydrogen-bond acceptors (Lipinski definition) is 4. The molecule has 2 aromatic rings. The summed E-state index contributed by atoms with van der Waals surface area (Å²) in [5.41, 5.74) is 2.60. The number of halogens is 1. The van der Waals surface area contributed by atoms with Gasteiger partial charge in [-0.2, -0.15) is 5.10 Å². The maximum absolute atomic E-state index is 5.00. The Kier molecular flexibility index (Phi) is 9.65. The van der Waals surface area contributed by atoms with Crippen molar-refractivity contribution in [3.8, 4) is 0 Å². The first kappa shape index (κ1) is 24.8. The van der Waals surface area contributed by atoms with Crippen molar-refractivity contribution < 1.29 is 0 Å². The van der Waals surface area contributed by atoms with Crippen LogP contribution in [0.5, 0.6) is 0 Å². The minimum Gasteiger partial charge on any atom is -0.367 e. The van der Waals surface area contributed by atoms with Crippen LogP contribution in [0.25, 0.3) is 0 Å². The molecule has 1 aromatic heterocycles. The number of rotatable bonds is 7. The fourth-order valence-corrected chi connectivity index (χ4v) is 4.74. The second-order valence-corrected chi connectivity index (χ2v) is 8.77. The van der Waals surface area contributed by atoms with Gasteiger partial charge in [-0.1, -0.05) is 30.3 Å². The number of aliphatic imine (C=N–C) groups is 1. The van der Waals surface area contributed by atoms with Gasteiger partial charge < -0.3 is 15.5 Å². The van der Waals surface area contributed by atoms with Crippen LogP contribution < -0.4 is 15.5 Å². The van der Waals surface area contributed by atoms with E-state index in [9.17, 15) is 0 Å². The first-order chi connectivity index (χ1) is 15.2. The molecule has 4 rings (SSSR count). The summed E-state index contributed by atoms with van der Waals surface area (Å²) in [6.45, 7) is 8.13. The molecule has 2 N–H and O–H groups in total. The molecule has 2 aliphatic rings. The number of anilines is 1. The summed E-state index contributed by atoms with van der Waals surface area (Å²) in [4.78, 5) is 10.0. The molecule has 0 aliphatic carbocycles. The molecule has 0 spiro atoms. The van der Waals surface area contributed by atoms with E-state index in [1.807, 2.05) is 17.9 Å². The van der Waals surface area contributed by atoms with Gasteiger partial charge in [0, 0.05) is 51.5 Å². The van der Waals surface area contributed by atoms with E-state index in [1.54, 1.807) is 0 Å². The predicted molar refractivity (Wildman–Crippen MR) is 143 cm³/mol. The third-order valence-corrected chi connectivity index (χ3v) is 6.35. The van der Waals surface area contributed by atoms with Gasteiger partial charge in [0.25, 0.3) is 0 Å². The first-order valence-corrected chi connectivity index (χ1v) is 11.8. The van der Waals surface area contributed by atoms with Gasteiger partial charge >= 0.3 is 0 Å². The molecule has 8 heteroatoms. The third-order valence-electron chi connectivity index (χ3n) is 6.35. The predicted octanol–water partition coefficient (Wildman–Crippen LogP) is 3.23. The van der Waals surface area contributed by atoms with E-state index >= 15 is 0 Å². The van der Waals surface area contributed by atoms with Gasteiger partial charge in [-0.15, -0.1) is 24.0 Å². The molecule has 7 nitrogen and oxygen atoms in total. The molecule has 0 amide bonds. The first-order valence-electron chi connectivity index (χ1n) is 11.8. The van der Waals surface area contributed by atoms with Crippen molar-refractivity contribution >= 4 is 35.6 Å². The molecule has 2 aliphatic heterocycles. The number of hydrogen-bond donors (Lipinski definition) is 2. The summed E-state index contributed by atoms with van der Waals surface area (Å²) in [6.07, 6.45) is 8.91. The van der Waals surface area contributed by atoms with E-state index < -0.39 is 0 Å². The number of aryl methyl sites for hydroxylation is 1. The van der Waals surface area contributed by atoms with Crippen molar-refractivity contribution in [3.63, 3.8) is 0 Å². The van der Waals surface area contributed by atoms with Gasteiger partial charge in [-0.25, -0.2) is 0 Å². The highest BCUT2D eigenvalue weighted by Gasteiger charge is 2.25. The summed E-state index contributed by atoms with van der Waals surface area (Å²) >= 11 is 0. The highest BCUT2D eigenvalue weighted by atomic mass is 127. The molecular formula is C24H38IN7. The maximum atomic E-state index is 5.00. The lowest BCUT2D eigenvalue weighted by molar-refractivity contribution is 0.250. The van der Waals surface area contributed by atoms with Gasteiger partial charge in [-0.3, -0.25) is 14.6 Å². The molecule has 2 saturated heterocycles. The molecule has 0 bridgehead atoms. The van der Waals surface area contributed by atoms with E-state index in [0.29, 0.717) is 12.1 Å². The quantitative estimate of drug-likeness (QED) is 0.315. The van der Waals surface area contributed by atoms with Crippen LogP contribution in [0.3, 0.4) is 0 Å². The van der Waals surface area contributed by atoms with E-state index in [4.69, 9.17) is 4.99 Å². The zero-order valence-corrected chi connectivity index (χ0v) is 21.7. The van der Waals surface area contributed by atoms with Crippen LogP contribution in [-0.2, 0) is 13.6 Å². The lowest BCUT2D eigenvalue weighted by atomic mass is 10.1. The number of nitrogens with one attached hydrogen (secondary N) is 2. The highest BCUT2D eigenvalue weighted by Crippen LogP contribution is 2.21. The summed E-state index contributed by atoms with van der Waals surface area (Å²) in [6, 6.07) is 11.7. The van der Waals surface area contributed by atoms with Crippen molar-refractivity contribution in [3.05, 3.63) is 48.3 Å². The minimum absolute atomic E-state index is 0. The fourth-order valence-electron chi connectivity index (χ4n) is 4.74. The Hall–Kier alpha value is -1.81. The second kappa shape index (κ2) is 12.4. The lowest BCUT2D eigenvalue weighted by Gasteiger charge is -2.34. The fraction of sp³-hybridized carbons (Fsp3) is 0.583. The van der Waals surface area contributed by atoms with Gasteiger partial charge in [0.15, 0.2) is 5.96 Å². The number of guanidine groups is 1. The van der Waals surface area contributed by atoms with E-state index in [2.05, 4.69) is 69.0 Å². The van der Waals surface area contributed by atoms with Gasteiger partial charge in [-0.05, 0) is 44.7 Å². The molecule has 2 fully saturated rings. The molecular weight excluding hydrogens is 513 g/mol. The smallest absolute Gasteiger partial charge is 0.191 e. The van der Waals surface area contributed by atoms with Crippen LogP contribution in [0, 0.1) is 0 Å². The summed E-state index contributed by atoms with van der Waals surface area (Å²) in [7, 11) is 1.98.